The largest absolute Gasteiger partial charge is 0.457 e. The van der Waals surface area contributed by atoms with Gasteiger partial charge in [-0.05, 0) is 100.0 Å². The average Bonchev–Trinajstić information content (AvgIpc) is 3.85. The van der Waals surface area contributed by atoms with Gasteiger partial charge in [-0.3, -0.25) is 4.57 Å². The minimum absolute atomic E-state index is 0.0353. The Hall–Kier alpha value is -7.11. The Bertz CT molecular complexity index is 3120. The first kappa shape index (κ1) is 40.0. The van der Waals surface area contributed by atoms with E-state index < -0.39 is 0 Å². The molecule has 0 fully saturated rings. The van der Waals surface area contributed by atoms with Gasteiger partial charge in [-0.25, -0.2) is 4.98 Å². The monoisotopic (exact) mass is 822 g/mol. The fourth-order valence-corrected chi connectivity index (χ4v) is 9.32. The lowest BCUT2D eigenvalue weighted by molar-refractivity contribution is 0.483. The SMILES string of the molecule is CC(C)(C)c1ccnc(-n2c3cc(Oc4cccc(N5CN(c6cccc(C(C)(C)c7ccccc7)c6)c6ccccc65)c4)ccc3c3ccc(C(C)(C)c4ccccc4)cc32)c1. The normalized spacial score (nSPS) is 13.2. The maximum absolute atomic E-state index is 6.81. The van der Waals surface area contributed by atoms with Gasteiger partial charge in [0.2, 0.25) is 0 Å². The van der Waals surface area contributed by atoms with E-state index in [1.807, 2.05) is 12.3 Å². The molecule has 0 aliphatic carbocycles. The van der Waals surface area contributed by atoms with Crippen molar-refractivity contribution in [3.05, 3.63) is 216 Å². The second kappa shape index (κ2) is 15.4. The summed E-state index contributed by atoms with van der Waals surface area (Å²) in [6.07, 6.45) is 1.94. The number of hydrogen-bond donors (Lipinski definition) is 0. The molecule has 63 heavy (non-hydrogen) atoms. The molecule has 1 aliphatic rings. The molecule has 0 saturated carbocycles. The number of anilines is 4. The fraction of sp³-hybridized carbons (Fsp3) is 0.190. The highest BCUT2D eigenvalue weighted by molar-refractivity contribution is 6.09. The van der Waals surface area contributed by atoms with Crippen LogP contribution in [0.1, 0.15) is 76.3 Å². The molecule has 7 aromatic carbocycles. The zero-order chi connectivity index (χ0) is 43.5. The molecule has 312 valence electrons. The van der Waals surface area contributed by atoms with Crippen LogP contribution in [0.2, 0.25) is 0 Å². The van der Waals surface area contributed by atoms with E-state index in [1.54, 1.807) is 0 Å². The fourth-order valence-electron chi connectivity index (χ4n) is 9.32. The summed E-state index contributed by atoms with van der Waals surface area (Å²) >= 11 is 0. The third-order valence-corrected chi connectivity index (χ3v) is 13.3. The number of nitrogens with zero attached hydrogens (tertiary/aromatic N) is 4. The second-order valence-corrected chi connectivity index (χ2v) is 19.0. The van der Waals surface area contributed by atoms with Crippen LogP contribution in [0, 0.1) is 0 Å². The third-order valence-electron chi connectivity index (χ3n) is 13.3. The van der Waals surface area contributed by atoms with E-state index in [-0.39, 0.29) is 16.2 Å². The van der Waals surface area contributed by atoms with Crippen molar-refractivity contribution < 1.29 is 4.74 Å². The number of aromatic nitrogens is 2. The Balaban J connectivity index is 1.01. The number of para-hydroxylation sites is 2. The summed E-state index contributed by atoms with van der Waals surface area (Å²) in [5, 5.41) is 2.34. The summed E-state index contributed by atoms with van der Waals surface area (Å²) in [4.78, 5) is 9.79. The van der Waals surface area contributed by atoms with Crippen molar-refractivity contribution >= 4 is 44.6 Å². The van der Waals surface area contributed by atoms with Gasteiger partial charge in [0.05, 0.1) is 22.4 Å². The molecule has 9 aromatic rings. The van der Waals surface area contributed by atoms with Crippen LogP contribution in [0.25, 0.3) is 27.6 Å². The van der Waals surface area contributed by atoms with Crippen LogP contribution in [0.3, 0.4) is 0 Å². The van der Waals surface area contributed by atoms with E-state index in [4.69, 9.17) is 9.72 Å². The highest BCUT2D eigenvalue weighted by Gasteiger charge is 2.30. The average molecular weight is 823 g/mol. The quantitative estimate of drug-likeness (QED) is 0.145. The van der Waals surface area contributed by atoms with E-state index in [0.717, 1.165) is 45.1 Å². The Labute approximate surface area is 371 Å². The van der Waals surface area contributed by atoms with Gasteiger partial charge >= 0.3 is 0 Å². The summed E-state index contributed by atoms with van der Waals surface area (Å²) in [7, 11) is 0. The predicted octanol–water partition coefficient (Wildman–Crippen LogP) is 15.2. The van der Waals surface area contributed by atoms with Gasteiger partial charge in [0.15, 0.2) is 0 Å². The number of hydrogen-bond acceptors (Lipinski definition) is 4. The summed E-state index contributed by atoms with van der Waals surface area (Å²) < 4.78 is 9.13. The summed E-state index contributed by atoms with van der Waals surface area (Å²) in [6, 6.07) is 65.4. The first-order chi connectivity index (χ1) is 30.4. The van der Waals surface area contributed by atoms with Gasteiger partial charge in [0.1, 0.15) is 24.0 Å². The minimum atomic E-state index is -0.201. The maximum Gasteiger partial charge on any atom is 0.137 e. The molecular weight excluding hydrogens is 769 g/mol. The summed E-state index contributed by atoms with van der Waals surface area (Å²) in [5.74, 6) is 2.43. The molecule has 0 saturated heterocycles. The Morgan fingerprint density at radius 3 is 1.59 bits per heavy atom. The number of fused-ring (bicyclic) bond motifs is 4. The van der Waals surface area contributed by atoms with Crippen molar-refractivity contribution in [1.82, 2.24) is 9.55 Å². The molecule has 0 spiro atoms. The van der Waals surface area contributed by atoms with Gasteiger partial charge in [-0.1, -0.05) is 152 Å². The van der Waals surface area contributed by atoms with Crippen LogP contribution < -0.4 is 14.5 Å². The Morgan fingerprint density at radius 1 is 0.429 bits per heavy atom. The molecule has 5 nitrogen and oxygen atoms in total. The molecule has 5 heteroatoms. The van der Waals surface area contributed by atoms with Crippen molar-refractivity contribution in [2.24, 2.45) is 0 Å². The van der Waals surface area contributed by atoms with Gasteiger partial charge in [-0.2, -0.15) is 0 Å². The van der Waals surface area contributed by atoms with Gasteiger partial charge in [0, 0.05) is 51.3 Å². The highest BCUT2D eigenvalue weighted by Crippen LogP contribution is 2.46. The van der Waals surface area contributed by atoms with Crippen LogP contribution in [-0.4, -0.2) is 16.2 Å². The van der Waals surface area contributed by atoms with Crippen molar-refractivity contribution in [3.8, 4) is 17.3 Å². The highest BCUT2D eigenvalue weighted by atomic mass is 16.5. The third kappa shape index (κ3) is 7.21. The number of benzene rings is 7. The maximum atomic E-state index is 6.81. The van der Waals surface area contributed by atoms with Crippen molar-refractivity contribution in [1.29, 1.82) is 0 Å². The van der Waals surface area contributed by atoms with Crippen molar-refractivity contribution in [2.75, 3.05) is 16.5 Å². The van der Waals surface area contributed by atoms with Crippen LogP contribution in [0.5, 0.6) is 11.5 Å². The van der Waals surface area contributed by atoms with Crippen LogP contribution in [0.4, 0.5) is 22.7 Å². The molecule has 3 heterocycles. The molecule has 0 bridgehead atoms. The lowest BCUT2D eigenvalue weighted by atomic mass is 9.78. The van der Waals surface area contributed by atoms with Crippen molar-refractivity contribution in [3.63, 3.8) is 0 Å². The number of ether oxygens (including phenoxy) is 1. The van der Waals surface area contributed by atoms with E-state index in [9.17, 15) is 0 Å². The summed E-state index contributed by atoms with van der Waals surface area (Å²) in [6.45, 7) is 16.6. The molecule has 0 atom stereocenters. The second-order valence-electron chi connectivity index (χ2n) is 19.0. The van der Waals surface area contributed by atoms with Crippen molar-refractivity contribution in [2.45, 2.75) is 64.7 Å². The first-order valence-corrected chi connectivity index (χ1v) is 22.1. The molecule has 2 aromatic heterocycles. The van der Waals surface area contributed by atoms with E-state index in [0.29, 0.717) is 6.67 Å². The Kier molecular flexibility index (Phi) is 9.75. The molecule has 0 radical (unpaired) electrons. The topological polar surface area (TPSA) is 33.5 Å². The molecular formula is C58H54N4O. The molecule has 0 unspecified atom stereocenters. The lowest BCUT2D eigenvalue weighted by Gasteiger charge is -2.28. The zero-order valence-electron chi connectivity index (χ0n) is 37.3. The van der Waals surface area contributed by atoms with Crippen LogP contribution in [0.15, 0.2) is 188 Å². The smallest absolute Gasteiger partial charge is 0.137 e. The van der Waals surface area contributed by atoms with Crippen LogP contribution in [-0.2, 0) is 16.2 Å². The van der Waals surface area contributed by atoms with E-state index >= 15 is 0 Å². The number of rotatable bonds is 9. The predicted molar refractivity (Wildman–Crippen MR) is 263 cm³/mol. The van der Waals surface area contributed by atoms with Gasteiger partial charge in [-0.15, -0.1) is 0 Å². The Morgan fingerprint density at radius 2 is 0.952 bits per heavy atom. The molecule has 0 amide bonds. The zero-order valence-corrected chi connectivity index (χ0v) is 37.3. The summed E-state index contributed by atoms with van der Waals surface area (Å²) in [5.41, 5.74) is 12.7. The van der Waals surface area contributed by atoms with E-state index in [1.165, 1.54) is 44.6 Å². The van der Waals surface area contributed by atoms with Gasteiger partial charge < -0.3 is 14.5 Å². The molecule has 10 rings (SSSR count). The number of pyridine rings is 1. The van der Waals surface area contributed by atoms with E-state index in [2.05, 4.69) is 239 Å². The van der Waals surface area contributed by atoms with Crippen LogP contribution >= 0.6 is 0 Å². The molecule has 1 aliphatic heterocycles. The lowest BCUT2D eigenvalue weighted by Crippen LogP contribution is -2.25. The first-order valence-electron chi connectivity index (χ1n) is 22.1. The standard InChI is InChI=1S/C58H54N4O/c1-56(2,3)42-32-33-59-55(36-42)62-53-35-44(58(6,7)41-20-12-9-13-21-41)28-30-49(53)50-31-29-48(38-54(50)62)63-47-25-17-24-46(37-47)61-39-60(51-26-14-15-27-52(51)61)45-23-16-22-43(34-45)57(4,5)40-18-10-8-11-19-40/h8-38H,39H2,1-7H3. The minimum Gasteiger partial charge on any atom is -0.457 e. The molecule has 0 N–H and O–H groups in total. The van der Waals surface area contributed by atoms with Gasteiger partial charge in [0.25, 0.3) is 0 Å².